The summed E-state index contributed by atoms with van der Waals surface area (Å²) in [6.07, 6.45) is 4.15. The second kappa shape index (κ2) is 7.25. The summed E-state index contributed by atoms with van der Waals surface area (Å²) in [7, 11) is 1.63. The summed E-state index contributed by atoms with van der Waals surface area (Å²) in [5.74, 6) is -0.196. The van der Waals surface area contributed by atoms with Crippen molar-refractivity contribution in [2.75, 3.05) is 13.7 Å². The lowest BCUT2D eigenvalue weighted by molar-refractivity contribution is -0.123. The molecule has 96 valence electrons. The Morgan fingerprint density at radius 1 is 1.65 bits per heavy atom. The second-order valence-corrected chi connectivity index (χ2v) is 4.52. The van der Waals surface area contributed by atoms with E-state index in [1.807, 2.05) is 0 Å². The zero-order valence-corrected chi connectivity index (χ0v) is 10.3. The molecule has 3 N–H and O–H groups in total. The summed E-state index contributed by atoms with van der Waals surface area (Å²) in [5.41, 5.74) is 5.77. The molecule has 1 aliphatic rings. The number of hydrogen-bond acceptors (Lipinski definition) is 4. The van der Waals surface area contributed by atoms with E-state index in [0.29, 0.717) is 13.0 Å². The maximum atomic E-state index is 11.8. The molecule has 0 aromatic carbocycles. The summed E-state index contributed by atoms with van der Waals surface area (Å²) in [6, 6.07) is 1.73. The highest BCUT2D eigenvalue weighted by Crippen LogP contribution is 2.24. The van der Waals surface area contributed by atoms with Gasteiger partial charge in [-0.2, -0.15) is 5.26 Å². The van der Waals surface area contributed by atoms with Crippen LogP contribution in [-0.4, -0.2) is 31.7 Å². The van der Waals surface area contributed by atoms with Crippen LogP contribution in [0.3, 0.4) is 0 Å². The van der Waals surface area contributed by atoms with Gasteiger partial charge in [0.15, 0.2) is 0 Å². The van der Waals surface area contributed by atoms with Gasteiger partial charge in [0, 0.05) is 19.8 Å². The lowest BCUT2D eigenvalue weighted by atomic mass is 10.0. The zero-order valence-electron chi connectivity index (χ0n) is 10.3. The second-order valence-electron chi connectivity index (χ2n) is 4.52. The Kier molecular flexibility index (Phi) is 5.95. The molecule has 0 bridgehead atoms. The lowest BCUT2D eigenvalue weighted by Gasteiger charge is -2.18. The Bertz CT molecular complexity index is 288. The average molecular weight is 239 g/mol. The summed E-state index contributed by atoms with van der Waals surface area (Å²) in [4.78, 5) is 11.8. The lowest BCUT2D eigenvalue weighted by Crippen LogP contribution is -2.46. The predicted octanol–water partition coefficient (Wildman–Crippen LogP) is 0.549. The summed E-state index contributed by atoms with van der Waals surface area (Å²) >= 11 is 0. The van der Waals surface area contributed by atoms with E-state index in [4.69, 9.17) is 15.7 Å². The molecule has 0 aliphatic heterocycles. The fourth-order valence-electron chi connectivity index (χ4n) is 2.16. The molecular formula is C12H21N3O2. The number of nitrogens with two attached hydrogens (primary N) is 1. The third kappa shape index (κ3) is 4.33. The van der Waals surface area contributed by atoms with Gasteiger partial charge < -0.3 is 15.8 Å². The number of methoxy groups -OCH3 is 1. The van der Waals surface area contributed by atoms with E-state index in [1.165, 1.54) is 0 Å². The van der Waals surface area contributed by atoms with Crippen LogP contribution >= 0.6 is 0 Å². The molecule has 0 aromatic heterocycles. The number of carbonyl (C=O) groups is 1. The van der Waals surface area contributed by atoms with Crippen LogP contribution in [0.1, 0.15) is 32.1 Å². The minimum atomic E-state index is -0.495. The number of nitrogens with zero attached hydrogens (tertiary/aromatic N) is 1. The van der Waals surface area contributed by atoms with Crippen molar-refractivity contribution in [1.82, 2.24) is 5.32 Å². The van der Waals surface area contributed by atoms with Gasteiger partial charge in [-0.15, -0.1) is 0 Å². The summed E-state index contributed by atoms with van der Waals surface area (Å²) < 4.78 is 4.91. The van der Waals surface area contributed by atoms with Crippen LogP contribution in [0.2, 0.25) is 0 Å². The van der Waals surface area contributed by atoms with E-state index in [2.05, 4.69) is 11.4 Å². The smallest absolute Gasteiger partial charge is 0.237 e. The van der Waals surface area contributed by atoms with Crippen molar-refractivity contribution in [3.63, 3.8) is 0 Å². The Morgan fingerprint density at radius 2 is 2.41 bits per heavy atom. The first kappa shape index (κ1) is 13.9. The molecule has 3 unspecified atom stereocenters. The first-order valence-electron chi connectivity index (χ1n) is 6.13. The fourth-order valence-corrected chi connectivity index (χ4v) is 2.16. The molecule has 5 heteroatoms. The van der Waals surface area contributed by atoms with Crippen LogP contribution in [0, 0.1) is 17.2 Å². The van der Waals surface area contributed by atoms with Crippen LogP contribution in [0.4, 0.5) is 0 Å². The summed E-state index contributed by atoms with van der Waals surface area (Å²) in [5, 5.41) is 11.8. The highest BCUT2D eigenvalue weighted by atomic mass is 16.5. The third-order valence-electron chi connectivity index (χ3n) is 3.21. The van der Waals surface area contributed by atoms with Crippen molar-refractivity contribution in [1.29, 1.82) is 5.26 Å². The van der Waals surface area contributed by atoms with Crippen LogP contribution in [0.25, 0.3) is 0 Å². The van der Waals surface area contributed by atoms with Gasteiger partial charge in [0.1, 0.15) is 0 Å². The molecule has 0 spiro atoms. The quantitative estimate of drug-likeness (QED) is 0.662. The molecular weight excluding hydrogens is 218 g/mol. The van der Waals surface area contributed by atoms with Crippen molar-refractivity contribution < 1.29 is 9.53 Å². The van der Waals surface area contributed by atoms with Gasteiger partial charge in [0.2, 0.25) is 5.91 Å². The predicted molar refractivity (Wildman–Crippen MR) is 64.0 cm³/mol. The first-order chi connectivity index (χ1) is 8.19. The normalized spacial score (nSPS) is 25.2. The zero-order chi connectivity index (χ0) is 12.7. The fraction of sp³-hybridized carbons (Fsp3) is 0.833. The van der Waals surface area contributed by atoms with Gasteiger partial charge in [-0.25, -0.2) is 0 Å². The number of ether oxygens (including phenoxy) is 1. The topological polar surface area (TPSA) is 88.1 Å². The minimum Gasteiger partial charge on any atom is -0.385 e. The number of nitriles is 1. The Morgan fingerprint density at radius 3 is 3.06 bits per heavy atom. The van der Waals surface area contributed by atoms with Gasteiger partial charge in [-0.05, 0) is 32.1 Å². The molecule has 17 heavy (non-hydrogen) atoms. The van der Waals surface area contributed by atoms with E-state index in [9.17, 15) is 4.79 Å². The molecule has 1 amide bonds. The molecule has 1 fully saturated rings. The summed E-state index contributed by atoms with van der Waals surface area (Å²) in [6.45, 7) is 0.616. The highest BCUT2D eigenvalue weighted by molar-refractivity contribution is 5.81. The van der Waals surface area contributed by atoms with Crippen molar-refractivity contribution in [3.8, 4) is 6.07 Å². The molecule has 0 saturated heterocycles. The van der Waals surface area contributed by atoms with Crippen molar-refractivity contribution in [3.05, 3.63) is 0 Å². The number of rotatable bonds is 6. The molecule has 5 nitrogen and oxygen atoms in total. The third-order valence-corrected chi connectivity index (χ3v) is 3.21. The Hall–Kier alpha value is -1.12. The molecule has 1 saturated carbocycles. The molecule has 0 aromatic rings. The molecule has 1 aliphatic carbocycles. The first-order valence-corrected chi connectivity index (χ1v) is 6.13. The minimum absolute atomic E-state index is 0.0130. The van der Waals surface area contributed by atoms with Crippen LogP contribution in [0.5, 0.6) is 0 Å². The SMILES string of the molecule is COCCCC(N)C(=O)NC1CCCC1C#N. The Balaban J connectivity index is 2.30. The van der Waals surface area contributed by atoms with E-state index in [-0.39, 0.29) is 17.9 Å². The van der Waals surface area contributed by atoms with Crippen LogP contribution in [-0.2, 0) is 9.53 Å². The van der Waals surface area contributed by atoms with Gasteiger partial charge in [0.25, 0.3) is 0 Å². The number of carbonyl (C=O) groups excluding carboxylic acids is 1. The average Bonchev–Trinajstić information content (AvgIpc) is 2.76. The molecule has 3 atom stereocenters. The number of nitrogens with one attached hydrogen (secondary N) is 1. The van der Waals surface area contributed by atoms with Crippen LogP contribution in [0.15, 0.2) is 0 Å². The molecule has 0 heterocycles. The van der Waals surface area contributed by atoms with Gasteiger partial charge in [-0.3, -0.25) is 4.79 Å². The van der Waals surface area contributed by atoms with E-state index in [1.54, 1.807) is 7.11 Å². The van der Waals surface area contributed by atoms with E-state index in [0.717, 1.165) is 25.7 Å². The van der Waals surface area contributed by atoms with Crippen molar-refractivity contribution in [2.45, 2.75) is 44.2 Å². The van der Waals surface area contributed by atoms with Crippen molar-refractivity contribution >= 4 is 5.91 Å². The molecule has 0 radical (unpaired) electrons. The van der Waals surface area contributed by atoms with Crippen molar-refractivity contribution in [2.24, 2.45) is 11.7 Å². The standard InChI is InChI=1S/C12H21N3O2/c1-17-7-3-5-10(14)12(16)15-11-6-2-4-9(11)8-13/h9-11H,2-7,14H2,1H3,(H,15,16). The van der Waals surface area contributed by atoms with Crippen LogP contribution < -0.4 is 11.1 Å². The number of hydrogen-bond donors (Lipinski definition) is 2. The van der Waals surface area contributed by atoms with E-state index >= 15 is 0 Å². The molecule has 1 rings (SSSR count). The maximum Gasteiger partial charge on any atom is 0.237 e. The largest absolute Gasteiger partial charge is 0.385 e. The maximum absolute atomic E-state index is 11.8. The Labute approximate surface area is 102 Å². The highest BCUT2D eigenvalue weighted by Gasteiger charge is 2.29. The monoisotopic (exact) mass is 239 g/mol. The number of amides is 1. The van der Waals surface area contributed by atoms with Gasteiger partial charge in [-0.1, -0.05) is 0 Å². The van der Waals surface area contributed by atoms with Gasteiger partial charge >= 0.3 is 0 Å². The van der Waals surface area contributed by atoms with Gasteiger partial charge in [0.05, 0.1) is 18.0 Å². The van der Waals surface area contributed by atoms with E-state index < -0.39 is 6.04 Å².